The van der Waals surface area contributed by atoms with Gasteiger partial charge in [-0.05, 0) is 54.6 Å². The molecule has 1 aromatic rings. The van der Waals surface area contributed by atoms with E-state index >= 15 is 0 Å². The number of carbonyl (C=O) groups is 1. The van der Waals surface area contributed by atoms with Crippen molar-refractivity contribution in [3.05, 3.63) is 41.5 Å². The second-order valence-electron chi connectivity index (χ2n) is 6.65. The Bertz CT molecular complexity index is 614. The van der Waals surface area contributed by atoms with Crippen LogP contribution in [-0.4, -0.2) is 17.1 Å². The lowest BCUT2D eigenvalue weighted by molar-refractivity contribution is -0.116. The number of benzene rings is 1. The Morgan fingerprint density at radius 1 is 1.21 bits per heavy atom. The van der Waals surface area contributed by atoms with Crippen LogP contribution < -0.4 is 16.2 Å². The van der Waals surface area contributed by atoms with E-state index in [4.69, 9.17) is 12.2 Å². The van der Waals surface area contributed by atoms with Gasteiger partial charge in [0.25, 0.3) is 5.91 Å². The second kappa shape index (κ2) is 8.83. The van der Waals surface area contributed by atoms with Crippen molar-refractivity contribution in [2.24, 2.45) is 11.8 Å². The Morgan fingerprint density at radius 2 is 1.96 bits per heavy atom. The van der Waals surface area contributed by atoms with E-state index in [-0.39, 0.29) is 5.91 Å². The average Bonchev–Trinajstić information content (AvgIpc) is 2.56. The van der Waals surface area contributed by atoms with Crippen LogP contribution in [0.5, 0.6) is 0 Å². The molecule has 3 N–H and O–H groups in total. The lowest BCUT2D eigenvalue weighted by Crippen LogP contribution is -2.52. The van der Waals surface area contributed by atoms with Gasteiger partial charge in [-0.25, -0.2) is 0 Å². The van der Waals surface area contributed by atoms with E-state index in [1.165, 1.54) is 18.9 Å². The smallest absolute Gasteiger partial charge is 0.262 e. The number of hydrogen-bond acceptors (Lipinski definition) is 2. The van der Waals surface area contributed by atoms with Crippen LogP contribution in [0.4, 0.5) is 0 Å². The van der Waals surface area contributed by atoms with Crippen LogP contribution in [0.15, 0.2) is 30.3 Å². The van der Waals surface area contributed by atoms with Crippen molar-refractivity contribution >= 4 is 29.3 Å². The average molecular weight is 346 g/mol. The number of carbonyl (C=O) groups excluding carboxylic acids is 1. The lowest BCUT2D eigenvalue weighted by Gasteiger charge is -2.35. The lowest BCUT2D eigenvalue weighted by atomic mass is 9.78. The maximum atomic E-state index is 11.9. The minimum absolute atomic E-state index is 0.229. The highest BCUT2D eigenvalue weighted by atomic mass is 32.1. The van der Waals surface area contributed by atoms with Gasteiger partial charge in [-0.15, -0.1) is 0 Å². The molecule has 0 radical (unpaired) electrons. The fraction of sp³-hybridized carbons (Fsp3) is 0.474. The molecule has 3 atom stereocenters. The molecule has 4 nitrogen and oxygen atoms in total. The zero-order valence-corrected chi connectivity index (χ0v) is 15.5. The summed E-state index contributed by atoms with van der Waals surface area (Å²) in [6.07, 6.45) is 6.92. The van der Waals surface area contributed by atoms with Gasteiger partial charge in [0.2, 0.25) is 0 Å². The van der Waals surface area contributed by atoms with E-state index in [0.717, 1.165) is 17.5 Å². The van der Waals surface area contributed by atoms with Crippen molar-refractivity contribution in [1.29, 1.82) is 0 Å². The molecule has 1 aliphatic rings. The van der Waals surface area contributed by atoms with Crippen LogP contribution in [0.1, 0.15) is 44.2 Å². The first-order chi connectivity index (χ1) is 11.5. The largest absolute Gasteiger partial charge is 0.358 e. The number of hydrazine groups is 1. The van der Waals surface area contributed by atoms with Gasteiger partial charge in [0.15, 0.2) is 5.11 Å². The van der Waals surface area contributed by atoms with Gasteiger partial charge in [-0.1, -0.05) is 51.0 Å². The van der Waals surface area contributed by atoms with Crippen LogP contribution in [0.25, 0.3) is 6.08 Å². The third-order valence-electron chi connectivity index (χ3n) is 4.93. The van der Waals surface area contributed by atoms with Crippen LogP contribution in [-0.2, 0) is 4.79 Å². The summed E-state index contributed by atoms with van der Waals surface area (Å²) >= 11 is 5.28. The van der Waals surface area contributed by atoms with E-state index in [1.54, 1.807) is 6.08 Å². The number of thiocarbonyl (C=S) groups is 1. The van der Waals surface area contributed by atoms with Crippen LogP contribution in [0.3, 0.4) is 0 Å². The van der Waals surface area contributed by atoms with Crippen molar-refractivity contribution in [2.75, 3.05) is 0 Å². The molecule has 0 unspecified atom stereocenters. The SMILES string of the molecule is Cc1ccccc1/C=C/C(=O)NNC(=S)N[C@@H]1CCC[C@H](C)[C@@H]1C. The van der Waals surface area contributed by atoms with E-state index < -0.39 is 0 Å². The van der Waals surface area contributed by atoms with E-state index in [0.29, 0.717) is 23.0 Å². The molecule has 0 saturated heterocycles. The van der Waals surface area contributed by atoms with Crippen molar-refractivity contribution in [3.63, 3.8) is 0 Å². The van der Waals surface area contributed by atoms with Gasteiger partial charge >= 0.3 is 0 Å². The molecule has 1 saturated carbocycles. The number of amides is 1. The van der Waals surface area contributed by atoms with Gasteiger partial charge in [0, 0.05) is 12.1 Å². The quantitative estimate of drug-likeness (QED) is 0.447. The summed E-state index contributed by atoms with van der Waals surface area (Å²) in [6.45, 7) is 6.56. The standard InChI is InChI=1S/C19H27N3OS/c1-13-8-6-10-17(15(13)3)20-19(24)22-21-18(23)12-11-16-9-5-4-7-14(16)2/h4-5,7,9,11-13,15,17H,6,8,10H2,1-3H3,(H,21,23)(H2,20,22,24)/b12-11+/t13-,15-,17+/m0/s1. The molecule has 0 aliphatic heterocycles. The minimum Gasteiger partial charge on any atom is -0.358 e. The fourth-order valence-corrected chi connectivity index (χ4v) is 3.29. The molecule has 0 aromatic heterocycles. The summed E-state index contributed by atoms with van der Waals surface area (Å²) in [6, 6.07) is 8.29. The van der Waals surface area contributed by atoms with Crippen LogP contribution >= 0.6 is 12.2 Å². The topological polar surface area (TPSA) is 53.2 Å². The third-order valence-corrected chi connectivity index (χ3v) is 5.15. The predicted molar refractivity (Wildman–Crippen MR) is 103 cm³/mol. The highest BCUT2D eigenvalue weighted by Crippen LogP contribution is 2.29. The third kappa shape index (κ3) is 5.34. The molecule has 24 heavy (non-hydrogen) atoms. The molecule has 1 aromatic carbocycles. The first-order valence-corrected chi connectivity index (χ1v) is 8.98. The number of aryl methyl sites for hydroxylation is 1. The summed E-state index contributed by atoms with van der Waals surface area (Å²) in [5, 5.41) is 3.79. The number of nitrogens with one attached hydrogen (secondary N) is 3. The summed E-state index contributed by atoms with van der Waals surface area (Å²) in [5.74, 6) is 1.05. The van der Waals surface area contributed by atoms with Crippen LogP contribution in [0.2, 0.25) is 0 Å². The van der Waals surface area contributed by atoms with Gasteiger partial charge in [-0.3, -0.25) is 15.6 Å². The van der Waals surface area contributed by atoms with Gasteiger partial charge in [-0.2, -0.15) is 0 Å². The maximum Gasteiger partial charge on any atom is 0.262 e. The summed E-state index contributed by atoms with van der Waals surface area (Å²) in [4.78, 5) is 11.9. The normalized spacial score (nSPS) is 23.7. The van der Waals surface area contributed by atoms with Gasteiger partial charge in [0.05, 0.1) is 0 Å². The molecule has 2 rings (SSSR count). The Morgan fingerprint density at radius 3 is 2.71 bits per heavy atom. The molecule has 1 fully saturated rings. The molecule has 130 valence electrons. The second-order valence-corrected chi connectivity index (χ2v) is 7.06. The van der Waals surface area contributed by atoms with E-state index in [1.807, 2.05) is 31.2 Å². The summed E-state index contributed by atoms with van der Waals surface area (Å²) < 4.78 is 0. The summed E-state index contributed by atoms with van der Waals surface area (Å²) in [5.41, 5.74) is 7.55. The Kier molecular flexibility index (Phi) is 6.79. The molecule has 0 spiro atoms. The predicted octanol–water partition coefficient (Wildman–Crippen LogP) is 3.33. The van der Waals surface area contributed by atoms with Crippen molar-refractivity contribution in [2.45, 2.75) is 46.1 Å². The molecule has 1 aliphatic carbocycles. The molecular formula is C19H27N3OS. The number of rotatable bonds is 3. The van der Waals surface area contributed by atoms with Crippen molar-refractivity contribution in [3.8, 4) is 0 Å². The molecule has 1 amide bonds. The van der Waals surface area contributed by atoms with Crippen LogP contribution in [0, 0.1) is 18.8 Å². The first-order valence-electron chi connectivity index (χ1n) is 8.57. The fourth-order valence-electron chi connectivity index (χ4n) is 3.09. The zero-order valence-electron chi connectivity index (χ0n) is 14.6. The van der Waals surface area contributed by atoms with Gasteiger partial charge < -0.3 is 5.32 Å². The molecule has 0 heterocycles. The Hall–Kier alpha value is -1.88. The zero-order chi connectivity index (χ0) is 17.5. The van der Waals surface area contributed by atoms with Crippen molar-refractivity contribution in [1.82, 2.24) is 16.2 Å². The van der Waals surface area contributed by atoms with E-state index in [9.17, 15) is 4.79 Å². The molecular weight excluding hydrogens is 318 g/mol. The monoisotopic (exact) mass is 345 g/mol. The first kappa shape index (κ1) is 18.5. The summed E-state index contributed by atoms with van der Waals surface area (Å²) in [7, 11) is 0. The highest BCUT2D eigenvalue weighted by Gasteiger charge is 2.27. The minimum atomic E-state index is -0.229. The molecule has 0 bridgehead atoms. The number of hydrogen-bond donors (Lipinski definition) is 3. The molecule has 5 heteroatoms. The van der Waals surface area contributed by atoms with E-state index in [2.05, 4.69) is 30.0 Å². The maximum absolute atomic E-state index is 11.9. The van der Waals surface area contributed by atoms with Gasteiger partial charge in [0.1, 0.15) is 0 Å². The van der Waals surface area contributed by atoms with Crippen molar-refractivity contribution < 1.29 is 4.79 Å². The Balaban J connectivity index is 1.77. The highest BCUT2D eigenvalue weighted by molar-refractivity contribution is 7.80. The Labute approximate surface area is 150 Å².